The van der Waals surface area contributed by atoms with Crippen molar-refractivity contribution in [2.45, 2.75) is 45.3 Å². The van der Waals surface area contributed by atoms with Gasteiger partial charge in [0.2, 0.25) is 5.91 Å². The number of methoxy groups -OCH3 is 1. The van der Waals surface area contributed by atoms with Gasteiger partial charge in [0.1, 0.15) is 5.75 Å². The van der Waals surface area contributed by atoms with Crippen LogP contribution in [0.25, 0.3) is 0 Å². The summed E-state index contributed by atoms with van der Waals surface area (Å²) in [7, 11) is 3.76. The molecule has 3 atom stereocenters. The van der Waals surface area contributed by atoms with E-state index in [9.17, 15) is 4.79 Å². The average Bonchev–Trinajstić information content (AvgIpc) is 2.81. The third-order valence-corrected chi connectivity index (χ3v) is 6.58. The van der Waals surface area contributed by atoms with E-state index in [1.54, 1.807) is 7.11 Å². The first-order valence-corrected chi connectivity index (χ1v) is 12.0. The zero-order valence-corrected chi connectivity index (χ0v) is 20.8. The maximum absolute atomic E-state index is 13.4. The van der Waals surface area contributed by atoms with Crippen molar-refractivity contribution in [3.63, 3.8) is 0 Å². The number of hydrogen-bond donors (Lipinski definition) is 2. The number of carbonyl (C=O) groups excluding carboxylic acids is 1. The van der Waals surface area contributed by atoms with E-state index in [4.69, 9.17) is 10.5 Å². The number of ether oxygens (including phenoxy) is 1. The topological polar surface area (TPSA) is 58.8 Å². The van der Waals surface area contributed by atoms with Crippen molar-refractivity contribution in [2.75, 3.05) is 33.0 Å². The number of nitrogens with two attached hydrogens (primary N) is 1. The molecule has 5 nitrogen and oxygen atoms in total. The fourth-order valence-electron chi connectivity index (χ4n) is 3.90. The molecule has 2 rings (SSSR count). The Bertz CT molecular complexity index is 800. The van der Waals surface area contributed by atoms with Gasteiger partial charge in [-0.1, -0.05) is 62.7 Å². The second-order valence-corrected chi connectivity index (χ2v) is 8.98. The summed E-state index contributed by atoms with van der Waals surface area (Å²) >= 11 is 4.35. The lowest BCUT2D eigenvalue weighted by Crippen LogP contribution is -2.51. The summed E-state index contributed by atoms with van der Waals surface area (Å²) in [4.78, 5) is 17.7. The maximum atomic E-state index is 13.4. The summed E-state index contributed by atoms with van der Waals surface area (Å²) in [5.41, 5.74) is 8.30. The van der Waals surface area contributed by atoms with Gasteiger partial charge in [-0.05, 0) is 36.2 Å². The number of carbonyl (C=O) groups is 1. The van der Waals surface area contributed by atoms with Crippen molar-refractivity contribution in [3.8, 4) is 5.75 Å². The highest BCUT2D eigenvalue weighted by Crippen LogP contribution is 2.19. The Balaban J connectivity index is 2.25. The predicted octanol–water partition coefficient (Wildman–Crippen LogP) is 3.87. The molecule has 0 fully saturated rings. The number of thiol groups is 1. The Morgan fingerprint density at radius 3 is 2.28 bits per heavy atom. The molecule has 2 N–H and O–H groups in total. The Labute approximate surface area is 199 Å². The summed E-state index contributed by atoms with van der Waals surface area (Å²) < 4.78 is 5.28. The van der Waals surface area contributed by atoms with Crippen LogP contribution in [-0.2, 0) is 17.8 Å². The molecule has 1 amide bonds. The van der Waals surface area contributed by atoms with Crippen LogP contribution in [0.2, 0.25) is 0 Å². The van der Waals surface area contributed by atoms with Crippen LogP contribution >= 0.6 is 12.6 Å². The van der Waals surface area contributed by atoms with Crippen molar-refractivity contribution in [3.05, 3.63) is 65.7 Å². The summed E-state index contributed by atoms with van der Waals surface area (Å²) in [5.74, 6) is 2.01. The van der Waals surface area contributed by atoms with Crippen LogP contribution in [0.5, 0.6) is 5.75 Å². The van der Waals surface area contributed by atoms with Crippen LogP contribution in [0.15, 0.2) is 54.6 Å². The average molecular weight is 458 g/mol. The Hall–Kier alpha value is -2.02. The molecule has 0 heterocycles. The SMILES string of the molecule is CC[C@H](C)[C@@H](CN(Cc1ccc(OC)cc1)C(=O)Cc1ccccc1)N(C)C[C@@H](N)CS. The molecular weight excluding hydrogens is 418 g/mol. The van der Waals surface area contributed by atoms with Gasteiger partial charge in [-0.15, -0.1) is 0 Å². The standard InChI is InChI=1S/C26H39N3O2S/c1-5-20(2)25(28(3)17-23(27)19-32)18-29(16-22-11-13-24(31-4)14-12-22)26(30)15-21-9-7-6-8-10-21/h6-14,20,23,25,32H,5,15-19,27H2,1-4H3/t20-,23+,25+/m0/s1. The quantitative estimate of drug-likeness (QED) is 0.448. The summed E-state index contributed by atoms with van der Waals surface area (Å²) in [6.07, 6.45) is 1.43. The van der Waals surface area contributed by atoms with Crippen LogP contribution in [-0.4, -0.2) is 60.8 Å². The molecule has 6 heteroatoms. The fraction of sp³-hybridized carbons (Fsp3) is 0.500. The number of amides is 1. The van der Waals surface area contributed by atoms with Gasteiger partial charge < -0.3 is 15.4 Å². The van der Waals surface area contributed by atoms with E-state index in [0.29, 0.717) is 31.2 Å². The minimum atomic E-state index is 0.00458. The van der Waals surface area contributed by atoms with Crippen LogP contribution in [0.4, 0.5) is 0 Å². The van der Waals surface area contributed by atoms with Crippen LogP contribution in [0, 0.1) is 5.92 Å². The highest BCUT2D eigenvalue weighted by atomic mass is 32.1. The molecule has 0 aromatic heterocycles. The molecule has 176 valence electrons. The zero-order chi connectivity index (χ0) is 23.5. The molecule has 0 aliphatic heterocycles. The van der Waals surface area contributed by atoms with Gasteiger partial charge in [0.05, 0.1) is 13.5 Å². The van der Waals surface area contributed by atoms with E-state index in [1.165, 1.54) is 0 Å². The third-order valence-electron chi connectivity index (χ3n) is 6.11. The molecule has 2 aromatic carbocycles. The molecule has 0 aliphatic rings. The van der Waals surface area contributed by atoms with Crippen molar-refractivity contribution >= 4 is 18.5 Å². The molecule has 0 bridgehead atoms. The highest BCUT2D eigenvalue weighted by molar-refractivity contribution is 7.80. The highest BCUT2D eigenvalue weighted by Gasteiger charge is 2.27. The van der Waals surface area contributed by atoms with Crippen LogP contribution < -0.4 is 10.5 Å². The van der Waals surface area contributed by atoms with Crippen molar-refractivity contribution in [1.29, 1.82) is 0 Å². The first kappa shape index (κ1) is 26.2. The molecule has 0 unspecified atom stereocenters. The number of hydrogen-bond acceptors (Lipinski definition) is 5. The molecular formula is C26H39N3O2S. The Morgan fingerprint density at radius 1 is 1.06 bits per heavy atom. The van der Waals surface area contributed by atoms with Crippen LogP contribution in [0.1, 0.15) is 31.4 Å². The van der Waals surface area contributed by atoms with Gasteiger partial charge in [0.25, 0.3) is 0 Å². The largest absolute Gasteiger partial charge is 0.497 e. The molecule has 0 saturated heterocycles. The minimum Gasteiger partial charge on any atom is -0.497 e. The lowest BCUT2D eigenvalue weighted by atomic mass is 9.96. The number of benzene rings is 2. The van der Waals surface area contributed by atoms with Crippen LogP contribution in [0.3, 0.4) is 0 Å². The number of nitrogens with zero attached hydrogens (tertiary/aromatic N) is 2. The van der Waals surface area contributed by atoms with Gasteiger partial charge in [-0.3, -0.25) is 9.69 Å². The van der Waals surface area contributed by atoms with Gasteiger partial charge in [-0.2, -0.15) is 12.6 Å². The summed E-state index contributed by atoms with van der Waals surface area (Å²) in [6, 6.07) is 18.1. The van der Waals surface area contributed by atoms with E-state index >= 15 is 0 Å². The number of likely N-dealkylation sites (N-methyl/N-ethyl adjacent to an activating group) is 1. The lowest BCUT2D eigenvalue weighted by molar-refractivity contribution is -0.132. The normalized spacial score (nSPS) is 14.1. The van der Waals surface area contributed by atoms with E-state index in [0.717, 1.165) is 29.8 Å². The second-order valence-electron chi connectivity index (χ2n) is 8.62. The summed E-state index contributed by atoms with van der Waals surface area (Å²) in [6.45, 7) is 6.42. The van der Waals surface area contributed by atoms with Gasteiger partial charge in [-0.25, -0.2) is 0 Å². The van der Waals surface area contributed by atoms with Crippen molar-refractivity contribution in [2.24, 2.45) is 11.7 Å². The molecule has 0 radical (unpaired) electrons. The van der Waals surface area contributed by atoms with Gasteiger partial charge in [0, 0.05) is 37.5 Å². The predicted molar refractivity (Wildman–Crippen MR) is 136 cm³/mol. The Morgan fingerprint density at radius 2 is 1.72 bits per heavy atom. The lowest BCUT2D eigenvalue weighted by Gasteiger charge is -2.38. The van der Waals surface area contributed by atoms with Crippen molar-refractivity contribution < 1.29 is 9.53 Å². The molecule has 32 heavy (non-hydrogen) atoms. The monoisotopic (exact) mass is 457 g/mol. The summed E-state index contributed by atoms with van der Waals surface area (Å²) in [5, 5.41) is 0. The first-order valence-electron chi connectivity index (χ1n) is 11.4. The van der Waals surface area contributed by atoms with Gasteiger partial charge in [0.15, 0.2) is 0 Å². The molecule has 0 aliphatic carbocycles. The number of rotatable bonds is 13. The second kappa shape index (κ2) is 13.5. The van der Waals surface area contributed by atoms with Crippen molar-refractivity contribution in [1.82, 2.24) is 9.80 Å². The minimum absolute atomic E-state index is 0.00458. The fourth-order valence-corrected chi connectivity index (χ4v) is 4.02. The Kier molecular flexibility index (Phi) is 11.1. The van der Waals surface area contributed by atoms with Gasteiger partial charge >= 0.3 is 0 Å². The van der Waals surface area contributed by atoms with E-state index in [-0.39, 0.29) is 18.0 Å². The molecule has 0 spiro atoms. The third kappa shape index (κ3) is 8.15. The van der Waals surface area contributed by atoms with E-state index < -0.39 is 0 Å². The maximum Gasteiger partial charge on any atom is 0.227 e. The van der Waals surface area contributed by atoms with E-state index in [2.05, 4.69) is 38.4 Å². The first-order chi connectivity index (χ1) is 15.4. The molecule has 2 aromatic rings. The smallest absolute Gasteiger partial charge is 0.227 e. The molecule has 0 saturated carbocycles. The zero-order valence-electron chi connectivity index (χ0n) is 19.9. The van der Waals surface area contributed by atoms with E-state index in [1.807, 2.05) is 59.5 Å².